The number of phosphoric ester groups is 1. The molecule has 4 aromatic rings. The molecule has 4 bridgehead atoms. The van der Waals surface area contributed by atoms with Gasteiger partial charge in [0.05, 0.1) is 25.1 Å². The van der Waals surface area contributed by atoms with E-state index in [-0.39, 0.29) is 22.5 Å². The highest BCUT2D eigenvalue weighted by Gasteiger charge is 2.54. The number of H-pyrrole nitrogens is 1. The summed E-state index contributed by atoms with van der Waals surface area (Å²) in [5.41, 5.74) is 4.60. The number of rotatable bonds is 3. The fraction of sp³-hybridized carbons (Fsp3) is 0.400. The van der Waals surface area contributed by atoms with Crippen molar-refractivity contribution in [1.29, 1.82) is 0 Å². The lowest BCUT2D eigenvalue weighted by atomic mass is 10.1. The quantitative estimate of drug-likeness (QED) is 0.174. The number of nitrogen functional groups attached to an aromatic ring is 1. The minimum Gasteiger partial charge on any atom is -0.382 e. The standard InChI is InChI=1S/C25H25F2N7O11P2S/c26-15-14-8-41-47(39,48)45-19-16(27)13(42-23(19)33-6-12(22(35)32-25(33)36)11-4-2-1-3-5-11)7-40-46(37,38)44-18(15)24(43-14)34-10-31-17-20(28)29-9-30-21(17)34/h1-6,9-10,13-16,18-19,23-24H,7-8H2,(H,37,38)(H,39,48)(H2,28,29,30)(H,32,35,36)/t13-,14-,15-,16-,18-,19-,23-,24-,47?/m1/s1. The van der Waals surface area contributed by atoms with Crippen LogP contribution in [0, 0.1) is 0 Å². The van der Waals surface area contributed by atoms with Gasteiger partial charge in [0.15, 0.2) is 36.3 Å². The van der Waals surface area contributed by atoms with E-state index in [4.69, 9.17) is 33.3 Å². The Morgan fingerprint density at radius 3 is 2.29 bits per heavy atom. The van der Waals surface area contributed by atoms with Crippen molar-refractivity contribution in [2.75, 3.05) is 18.9 Å². The zero-order valence-corrected chi connectivity index (χ0v) is 26.8. The van der Waals surface area contributed by atoms with Gasteiger partial charge in [-0.1, -0.05) is 42.6 Å². The molecule has 256 valence electrons. The lowest BCUT2D eigenvalue weighted by Crippen LogP contribution is -2.38. The number of fused-ring (bicyclic) bond motifs is 5. The molecule has 6 heterocycles. The van der Waals surface area contributed by atoms with Crippen LogP contribution >= 0.6 is 26.9 Å². The number of benzene rings is 1. The first-order valence-corrected chi connectivity index (χ1v) is 18.3. The Morgan fingerprint density at radius 1 is 0.938 bits per heavy atom. The second-order valence-electron chi connectivity index (χ2n) is 10.8. The van der Waals surface area contributed by atoms with E-state index in [1.54, 1.807) is 30.3 Å². The zero-order chi connectivity index (χ0) is 34.0. The fourth-order valence-corrected chi connectivity index (χ4v) is 7.96. The highest BCUT2D eigenvalue weighted by atomic mass is 32.7. The summed E-state index contributed by atoms with van der Waals surface area (Å²) in [5.74, 6) is -0.0110. The highest BCUT2D eigenvalue weighted by Crippen LogP contribution is 2.58. The van der Waals surface area contributed by atoms with Gasteiger partial charge in [0.1, 0.15) is 36.3 Å². The summed E-state index contributed by atoms with van der Waals surface area (Å²) in [6.07, 6.45) is -11.6. The van der Waals surface area contributed by atoms with E-state index < -0.39 is 88.3 Å². The third-order valence-electron chi connectivity index (χ3n) is 7.83. The molecular formula is C25H25F2N7O11P2S. The first-order chi connectivity index (χ1) is 22.8. The van der Waals surface area contributed by atoms with Gasteiger partial charge in [0.2, 0.25) is 0 Å². The molecule has 23 heteroatoms. The SMILES string of the molecule is Nc1ncnc2c1ncn2[C@@H]1O[C@@H]2COP(=O)(S)O[C@@H]3[C@H](F)[C@@H](COP(=O)(O)O[C@@H]1[C@@H]2F)O[C@H]3n1cc(-c2ccccc2)c(=O)[nH]c1=O. The van der Waals surface area contributed by atoms with E-state index in [9.17, 15) is 23.6 Å². The number of nitrogens with one attached hydrogen (secondary N) is 1. The molecule has 3 aliphatic heterocycles. The number of hydrogen-bond acceptors (Lipinski definition) is 14. The number of halogens is 2. The summed E-state index contributed by atoms with van der Waals surface area (Å²) in [6.45, 7) is -6.45. The van der Waals surface area contributed by atoms with Crippen molar-refractivity contribution >= 4 is 43.9 Å². The van der Waals surface area contributed by atoms with Crippen molar-refractivity contribution in [3.05, 3.63) is 70.0 Å². The van der Waals surface area contributed by atoms with Crippen molar-refractivity contribution < 1.29 is 50.4 Å². The van der Waals surface area contributed by atoms with Crippen LogP contribution in [0.15, 0.2) is 58.8 Å². The Kier molecular flexibility index (Phi) is 8.64. The summed E-state index contributed by atoms with van der Waals surface area (Å²) in [4.78, 5) is 50.3. The number of aromatic amines is 1. The molecule has 0 spiro atoms. The molecule has 10 atom stereocenters. The summed E-state index contributed by atoms with van der Waals surface area (Å²) < 4.78 is 92.9. The molecule has 4 N–H and O–H groups in total. The van der Waals surface area contributed by atoms with Gasteiger partial charge >= 0.3 is 20.3 Å². The van der Waals surface area contributed by atoms with Crippen LogP contribution in [0.1, 0.15) is 12.5 Å². The van der Waals surface area contributed by atoms with E-state index in [1.807, 2.05) is 0 Å². The number of nitrogens with zero attached hydrogens (tertiary/aromatic N) is 5. The predicted molar refractivity (Wildman–Crippen MR) is 162 cm³/mol. The molecule has 2 unspecified atom stereocenters. The van der Waals surface area contributed by atoms with Gasteiger partial charge < -0.3 is 20.1 Å². The first-order valence-electron chi connectivity index (χ1n) is 14.1. The molecule has 0 aliphatic carbocycles. The third kappa shape index (κ3) is 6.15. The Hall–Kier alpha value is -3.36. The van der Waals surface area contributed by atoms with E-state index in [0.717, 1.165) is 17.1 Å². The van der Waals surface area contributed by atoms with Crippen LogP contribution in [0.25, 0.3) is 22.3 Å². The Balaban J connectivity index is 1.22. The van der Waals surface area contributed by atoms with Crippen LogP contribution in [0.3, 0.4) is 0 Å². The lowest BCUT2D eigenvalue weighted by molar-refractivity contribution is -0.0648. The Labute approximate surface area is 272 Å². The average molecular weight is 732 g/mol. The number of imidazole rings is 1. The van der Waals surface area contributed by atoms with E-state index in [1.165, 1.54) is 10.9 Å². The number of anilines is 1. The monoisotopic (exact) mass is 731 g/mol. The molecule has 0 saturated carbocycles. The number of alkyl halides is 2. The molecule has 0 amide bonds. The van der Waals surface area contributed by atoms with Crippen LogP contribution in [0.5, 0.6) is 0 Å². The molecule has 48 heavy (non-hydrogen) atoms. The topological polar surface area (TPSA) is 234 Å². The van der Waals surface area contributed by atoms with Crippen molar-refractivity contribution in [1.82, 2.24) is 29.1 Å². The van der Waals surface area contributed by atoms with E-state index >= 15 is 8.78 Å². The number of hydrogen-bond donors (Lipinski definition) is 4. The summed E-state index contributed by atoms with van der Waals surface area (Å²) in [6, 6.07) is 8.17. The van der Waals surface area contributed by atoms with Crippen LogP contribution in [-0.4, -0.2) is 83.9 Å². The second-order valence-corrected chi connectivity index (χ2v) is 15.1. The van der Waals surface area contributed by atoms with Gasteiger partial charge in [-0.3, -0.25) is 37.0 Å². The minimum absolute atomic E-state index is 0.00588. The third-order valence-corrected chi connectivity index (χ3v) is 10.4. The van der Waals surface area contributed by atoms with Crippen LogP contribution in [0.4, 0.5) is 14.6 Å². The van der Waals surface area contributed by atoms with Crippen LogP contribution in [0.2, 0.25) is 0 Å². The van der Waals surface area contributed by atoms with Crippen molar-refractivity contribution in [3.8, 4) is 11.1 Å². The molecular weight excluding hydrogens is 706 g/mol. The predicted octanol–water partition coefficient (Wildman–Crippen LogP) is 2.05. The maximum atomic E-state index is 16.0. The molecule has 1 aromatic carbocycles. The summed E-state index contributed by atoms with van der Waals surface area (Å²) in [5, 5.41) is 0. The fourth-order valence-electron chi connectivity index (χ4n) is 5.59. The number of ether oxygens (including phenoxy) is 2. The van der Waals surface area contributed by atoms with Crippen LogP contribution in [-0.2, 0) is 36.7 Å². The smallest absolute Gasteiger partial charge is 0.382 e. The minimum atomic E-state index is -5.22. The molecule has 18 nitrogen and oxygen atoms in total. The molecule has 0 radical (unpaired) electrons. The number of thiol groups is 1. The van der Waals surface area contributed by atoms with Gasteiger partial charge in [0.25, 0.3) is 5.56 Å². The maximum Gasteiger partial charge on any atom is 0.472 e. The Bertz CT molecular complexity index is 2070. The molecule has 3 saturated heterocycles. The number of nitrogens with two attached hydrogens (primary N) is 1. The van der Waals surface area contributed by atoms with Crippen molar-refractivity contribution in [2.24, 2.45) is 0 Å². The molecule has 3 aliphatic rings. The first kappa shape index (κ1) is 33.2. The maximum absolute atomic E-state index is 16.0. The molecule has 3 fully saturated rings. The van der Waals surface area contributed by atoms with Gasteiger partial charge in [-0.25, -0.2) is 37.7 Å². The van der Waals surface area contributed by atoms with Crippen molar-refractivity contribution in [2.45, 2.75) is 49.2 Å². The average Bonchev–Trinajstić information content (AvgIpc) is 3.69. The second kappa shape index (κ2) is 12.5. The lowest BCUT2D eigenvalue weighted by Gasteiger charge is -2.25. The van der Waals surface area contributed by atoms with Crippen molar-refractivity contribution in [3.63, 3.8) is 0 Å². The number of phosphoric acid groups is 1. The van der Waals surface area contributed by atoms with Gasteiger partial charge in [-0.2, -0.15) is 0 Å². The van der Waals surface area contributed by atoms with Crippen LogP contribution < -0.4 is 17.0 Å². The van der Waals surface area contributed by atoms with E-state index in [2.05, 4.69) is 32.2 Å². The molecule has 7 rings (SSSR count). The van der Waals surface area contributed by atoms with Gasteiger partial charge in [-0.05, 0) is 5.56 Å². The van der Waals surface area contributed by atoms with Gasteiger partial charge in [-0.15, -0.1) is 0 Å². The normalized spacial score (nSPS) is 35.8. The van der Waals surface area contributed by atoms with E-state index in [0.29, 0.717) is 5.56 Å². The number of aromatic nitrogens is 6. The molecule has 3 aromatic heterocycles. The summed E-state index contributed by atoms with van der Waals surface area (Å²) >= 11 is 3.94. The Morgan fingerprint density at radius 2 is 1.58 bits per heavy atom. The highest BCUT2D eigenvalue weighted by molar-refractivity contribution is 8.44. The zero-order valence-electron chi connectivity index (χ0n) is 24.1. The summed E-state index contributed by atoms with van der Waals surface area (Å²) in [7, 11) is -5.22. The largest absolute Gasteiger partial charge is 0.472 e. The van der Waals surface area contributed by atoms with Gasteiger partial charge in [0, 0.05) is 6.20 Å².